The van der Waals surface area contributed by atoms with Crippen LogP contribution < -0.4 is 37.2 Å². The van der Waals surface area contributed by atoms with Crippen LogP contribution in [0.4, 0.5) is 84.0 Å². The lowest BCUT2D eigenvalue weighted by molar-refractivity contribution is -0.137. The number of fused-ring (bicyclic) bond motifs is 6. The van der Waals surface area contributed by atoms with E-state index in [4.69, 9.17) is 11.6 Å². The maximum atomic E-state index is 12.5. The monoisotopic (exact) mass is 1580 g/mol. The molecule has 6 saturated heterocycles. The Labute approximate surface area is 648 Å². The van der Waals surface area contributed by atoms with Gasteiger partial charge in [0.25, 0.3) is 0 Å². The number of anilines is 6. The molecule has 15 rings (SSSR count). The highest BCUT2D eigenvalue weighted by molar-refractivity contribution is 5.85. The quantitative estimate of drug-likeness (QED) is 0.0310. The topological polar surface area (TPSA) is 334 Å². The molecule has 6 aromatic heterocycles. The Balaban J connectivity index is 0.000000288. The number of amides is 5. The van der Waals surface area contributed by atoms with E-state index in [1.54, 1.807) is 50.3 Å². The van der Waals surface area contributed by atoms with Gasteiger partial charge in [-0.3, -0.25) is 33.5 Å². The summed E-state index contributed by atoms with van der Waals surface area (Å²) in [5.41, 5.74) is 7.48. The van der Waals surface area contributed by atoms with Gasteiger partial charge >= 0.3 is 30.6 Å². The van der Waals surface area contributed by atoms with E-state index < -0.39 is 67.2 Å². The van der Waals surface area contributed by atoms with Crippen LogP contribution in [0.25, 0.3) is 21.6 Å². The van der Waals surface area contributed by atoms with Crippen molar-refractivity contribution >= 4 is 82.0 Å². The van der Waals surface area contributed by atoms with Crippen molar-refractivity contribution in [2.45, 2.75) is 156 Å². The molecule has 7 N–H and O–H groups in total. The third kappa shape index (κ3) is 20.0. The fourth-order valence-corrected chi connectivity index (χ4v) is 16.3. The Morgan fingerprint density at radius 1 is 0.550 bits per heavy atom. The van der Waals surface area contributed by atoms with E-state index in [0.717, 1.165) is 117 Å². The van der Waals surface area contributed by atoms with Crippen molar-refractivity contribution < 1.29 is 61.0 Å². The largest absolute Gasteiger partial charge is 0.405 e. The summed E-state index contributed by atoms with van der Waals surface area (Å²) in [7, 11) is 5.54. The summed E-state index contributed by atoms with van der Waals surface area (Å²) in [6, 6.07) is 10.2. The number of rotatable bonds is 18. The molecular formula is C71H97ClF9N27O3. The highest BCUT2D eigenvalue weighted by Gasteiger charge is 2.60. The third-order valence-corrected chi connectivity index (χ3v) is 20.7. The average molecular weight is 1580 g/mol. The van der Waals surface area contributed by atoms with Crippen molar-refractivity contribution in [2.24, 2.45) is 21.1 Å². The van der Waals surface area contributed by atoms with E-state index >= 15 is 0 Å². The predicted octanol–water partition coefficient (Wildman–Crippen LogP) is 10.4. The second kappa shape index (κ2) is 34.4. The predicted molar refractivity (Wildman–Crippen MR) is 404 cm³/mol. The van der Waals surface area contributed by atoms with Gasteiger partial charge in [0.05, 0.1) is 88.8 Å². The SMILES string of the molecule is C.CC(=O)NCC(F)(F)F.Cl.Cn1cc(Nc2nccc(C3=CC4CCC(C3)N4C3(CC#N)CN(C(=O)NCC(F)(F)F)C3)n2)cn1.Cn1cc(Nc2nccc(C3=CC4CCC(C3)N4C3(CC#N)CNC3)n2)cn1.[C-]#[N+]CC1(N2C3C=C(c4ccnc(Nc5cnn(C)c5)n4)CC2CC3)CN(C(=O)NCC(F)(F)F)C1.[HH].[HH].[HH].[HH].[HH]. The zero-order chi connectivity index (χ0) is 77.6. The normalized spacial score (nSPS) is 22.3. The Morgan fingerprint density at radius 2 is 0.883 bits per heavy atom. The van der Waals surface area contributed by atoms with Crippen LogP contribution in [0.2, 0.25) is 0 Å². The summed E-state index contributed by atoms with van der Waals surface area (Å²) in [5.74, 6) is 0.856. The first-order chi connectivity index (χ1) is 51.9. The second-order valence-electron chi connectivity index (χ2n) is 28.7. The van der Waals surface area contributed by atoms with Crippen LogP contribution in [0, 0.1) is 29.2 Å². The highest BCUT2D eigenvalue weighted by atomic mass is 35.5. The van der Waals surface area contributed by atoms with Crippen LogP contribution in [0.5, 0.6) is 0 Å². The van der Waals surface area contributed by atoms with Gasteiger partial charge in [-0.25, -0.2) is 46.1 Å². The lowest BCUT2D eigenvalue weighted by Gasteiger charge is -2.57. The van der Waals surface area contributed by atoms with Gasteiger partial charge in [-0.1, -0.05) is 25.7 Å². The highest BCUT2D eigenvalue weighted by Crippen LogP contribution is 2.49. The Bertz CT molecular complexity index is 4340. The van der Waals surface area contributed by atoms with Crippen molar-refractivity contribution in [2.75, 3.05) is 81.4 Å². The molecule has 0 spiro atoms. The van der Waals surface area contributed by atoms with Crippen LogP contribution in [0.15, 0.2) is 92.2 Å². The van der Waals surface area contributed by atoms with Crippen molar-refractivity contribution in [1.82, 2.24) is 105 Å². The third-order valence-electron chi connectivity index (χ3n) is 20.7. The van der Waals surface area contributed by atoms with Gasteiger partial charge in [-0.15, -0.1) is 12.4 Å². The zero-order valence-corrected chi connectivity index (χ0v) is 61.3. The Morgan fingerprint density at radius 3 is 1.17 bits per heavy atom. The van der Waals surface area contributed by atoms with Crippen LogP contribution in [-0.4, -0.2) is 239 Å². The zero-order valence-electron chi connectivity index (χ0n) is 60.5. The van der Waals surface area contributed by atoms with Crippen LogP contribution in [0.1, 0.15) is 109 Å². The molecule has 15 heterocycles. The van der Waals surface area contributed by atoms with Gasteiger partial charge in [0.2, 0.25) is 30.3 Å². The van der Waals surface area contributed by atoms with Crippen molar-refractivity contribution in [3.8, 4) is 12.1 Å². The molecule has 0 radical (unpaired) electrons. The lowest BCUT2D eigenvalue weighted by Crippen LogP contribution is -2.75. The Kier molecular flexibility index (Phi) is 25.7. The van der Waals surface area contributed by atoms with E-state index in [2.05, 4.69) is 111 Å². The Hall–Kier alpha value is -10.5. The van der Waals surface area contributed by atoms with Crippen LogP contribution in [-0.2, 0) is 25.9 Å². The fourth-order valence-electron chi connectivity index (χ4n) is 16.3. The number of nitrogens with zero attached hydrogens (tertiary/aromatic N) is 20. The number of hydrogen-bond donors (Lipinski definition) is 7. The smallest absolute Gasteiger partial charge is 0.347 e. The number of carbonyl (C=O) groups excluding carboxylic acids is 3. The molecule has 604 valence electrons. The molecule has 6 bridgehead atoms. The van der Waals surface area contributed by atoms with E-state index in [1.165, 1.54) is 21.8 Å². The number of halogens is 10. The lowest BCUT2D eigenvalue weighted by atomic mass is 9.81. The molecule has 6 aromatic rings. The van der Waals surface area contributed by atoms with E-state index in [1.807, 2.05) is 74.8 Å². The minimum Gasteiger partial charge on any atom is -0.347 e. The number of urea groups is 2. The minimum atomic E-state index is -4.47. The fraction of sp³-hybridized carbons (Fsp3) is 0.535. The van der Waals surface area contributed by atoms with Crippen molar-refractivity contribution in [1.29, 1.82) is 10.5 Å². The van der Waals surface area contributed by atoms with Gasteiger partial charge in [-0.05, 0) is 92.7 Å². The van der Waals surface area contributed by atoms with Gasteiger partial charge < -0.3 is 51.9 Å². The molecule has 6 unspecified atom stereocenters. The molecular weight excluding hydrogens is 1490 g/mol. The van der Waals surface area contributed by atoms with E-state index in [9.17, 15) is 64.4 Å². The van der Waals surface area contributed by atoms with Gasteiger partial charge in [0, 0.05) is 148 Å². The molecule has 9 aliphatic heterocycles. The summed E-state index contributed by atoms with van der Waals surface area (Å²) < 4.78 is 114. The maximum Gasteiger partial charge on any atom is 0.405 e. The van der Waals surface area contributed by atoms with Gasteiger partial charge in [-0.2, -0.15) is 65.3 Å². The summed E-state index contributed by atoms with van der Waals surface area (Å²) >= 11 is 0. The second-order valence-corrected chi connectivity index (χ2v) is 28.7. The maximum absolute atomic E-state index is 12.5. The number of nitriles is 2. The molecule has 9 aliphatic rings. The van der Waals surface area contributed by atoms with Crippen molar-refractivity contribution in [3.05, 3.63) is 121 Å². The van der Waals surface area contributed by atoms with Crippen molar-refractivity contribution in [3.63, 3.8) is 0 Å². The standard InChI is InChI=1S/2C23H26F3N9O.C20H24N8.C4H6F3NO.CH4.ClH.5H2/c1-27-11-22(13-34(14-22)21(36)29-12-23(24,25)26)35-17-3-4-18(35)8-15(7-17)19-5-6-28-20(32-19)31-16-9-30-33(2)10-16;1-33-11-16(10-30-33)31-20-28-7-4-19(32-20)15-8-17-2-3-18(9-15)35(17)22(5-6-27)13-34(14-22)21(36)29-12-23(24,25)26;1-27-11-15(10-24-27)25-19-23-7-4-18(26-19)14-8-16-2-3-17(9-14)28(16)20(5-6-21)12-22-13-20;1-3(9)8-2-4(5,6)7;;;;;;;/h5-7,9-10,17-18H,3-4,8,11-14H2,2H3,(H,29,36)(H,28,31,32);4,7-8,10-11,17-18H,2-3,5,9,12-14H2,1H3,(H,29,36)(H,28,31,32);4,7-8,10-11,16-17,22H,2-3,5,9,12-13H2,1H3,(H,23,25,26);2H2,1H3,(H,8,9);1H4;6*1H. The summed E-state index contributed by atoms with van der Waals surface area (Å²) in [4.78, 5) is 74.9. The summed E-state index contributed by atoms with van der Waals surface area (Å²) in [5, 5.41) is 49.7. The van der Waals surface area contributed by atoms with E-state index in [-0.39, 0.29) is 95.8 Å². The number of aromatic nitrogens is 12. The summed E-state index contributed by atoms with van der Waals surface area (Å²) in [6.07, 6.45) is 18.7. The van der Waals surface area contributed by atoms with E-state index in [0.29, 0.717) is 36.3 Å². The molecule has 6 atom stereocenters. The molecule has 6 fully saturated rings. The number of hydrogen-bond acceptors (Lipinski definition) is 21. The molecule has 5 amide bonds. The molecule has 40 heteroatoms. The number of aryl methyl sites for hydroxylation is 3. The first kappa shape index (κ1) is 83.0. The van der Waals surface area contributed by atoms with Crippen LogP contribution in [0.3, 0.4) is 0 Å². The minimum absolute atomic E-state index is 0. The number of alkyl halides is 9. The number of nitrogens with one attached hydrogen (secondary N) is 7. The average Bonchev–Trinajstić information content (AvgIpc) is 1.43. The molecule has 0 aliphatic carbocycles. The molecule has 0 aromatic carbocycles. The molecule has 30 nitrogen and oxygen atoms in total. The number of likely N-dealkylation sites (tertiary alicyclic amines) is 2. The van der Waals surface area contributed by atoms with Gasteiger partial charge in [0.1, 0.15) is 25.2 Å². The molecule has 0 saturated carbocycles. The number of carbonyl (C=O) groups is 3. The summed E-state index contributed by atoms with van der Waals surface area (Å²) in [6.45, 7) is 7.50. The first-order valence-corrected chi connectivity index (χ1v) is 35.4. The van der Waals surface area contributed by atoms with Crippen LogP contribution >= 0.6 is 12.4 Å². The first-order valence-electron chi connectivity index (χ1n) is 35.4. The molecule has 111 heavy (non-hydrogen) atoms. The van der Waals surface area contributed by atoms with Gasteiger partial charge in [0.15, 0.2) is 0 Å².